The van der Waals surface area contributed by atoms with Crippen molar-refractivity contribution in [3.63, 3.8) is 0 Å². The maximum Gasteiger partial charge on any atom is 0.288 e. The first-order valence-corrected chi connectivity index (χ1v) is 4.88. The lowest BCUT2D eigenvalue weighted by Gasteiger charge is -2.19. The van der Waals surface area contributed by atoms with Gasteiger partial charge in [0.15, 0.2) is 11.5 Å². The molecule has 0 heterocycles. The zero-order chi connectivity index (χ0) is 13.1. The minimum atomic E-state index is -3.18. The molecule has 2 N–H and O–H groups in total. The van der Waals surface area contributed by atoms with Crippen molar-refractivity contribution in [2.24, 2.45) is 5.73 Å². The number of hydrogen-bond acceptors (Lipinski definition) is 4. The van der Waals surface area contributed by atoms with Crippen molar-refractivity contribution in [1.29, 1.82) is 0 Å². The number of benzene rings is 1. The molecule has 0 atom stereocenters. The van der Waals surface area contributed by atoms with E-state index in [0.717, 1.165) is 0 Å². The summed E-state index contributed by atoms with van der Waals surface area (Å²) in [5.41, 5.74) is 4.73. The molecule has 4 nitrogen and oxygen atoms in total. The second-order valence-corrected chi connectivity index (χ2v) is 3.32. The molecule has 0 bridgehead atoms. The van der Waals surface area contributed by atoms with E-state index in [1.165, 1.54) is 33.5 Å². The highest BCUT2D eigenvalue weighted by molar-refractivity contribution is 5.52. The fourth-order valence-corrected chi connectivity index (χ4v) is 1.43. The second kappa shape index (κ2) is 5.18. The maximum atomic E-state index is 13.6. The average Bonchev–Trinajstić information content (AvgIpc) is 2.36. The quantitative estimate of drug-likeness (QED) is 0.861. The molecular weight excluding hydrogens is 232 g/mol. The van der Waals surface area contributed by atoms with Crippen LogP contribution < -0.4 is 19.9 Å². The topological polar surface area (TPSA) is 53.7 Å². The molecule has 1 aromatic carbocycles. The van der Waals surface area contributed by atoms with E-state index < -0.39 is 12.5 Å². The third-order valence-corrected chi connectivity index (χ3v) is 2.36. The number of alkyl halides is 2. The van der Waals surface area contributed by atoms with E-state index in [4.69, 9.17) is 19.9 Å². The van der Waals surface area contributed by atoms with E-state index in [9.17, 15) is 8.78 Å². The molecular formula is C11H15F2NO3. The Balaban J connectivity index is 3.38. The Kier molecular flexibility index (Phi) is 4.11. The van der Waals surface area contributed by atoms with Crippen LogP contribution in [0.2, 0.25) is 0 Å². The standard InChI is InChI=1S/C11H15F2NO3/c1-15-8-5-10(17-3)9(16-2)4-7(8)11(12,13)6-14/h4-5H,6,14H2,1-3H3. The Bertz CT molecular complexity index is 397. The smallest absolute Gasteiger partial charge is 0.288 e. The summed E-state index contributed by atoms with van der Waals surface area (Å²) in [7, 11) is 4.09. The van der Waals surface area contributed by atoms with Gasteiger partial charge in [-0.05, 0) is 6.07 Å². The first kappa shape index (κ1) is 13.5. The fraction of sp³-hybridized carbons (Fsp3) is 0.455. The predicted molar refractivity (Wildman–Crippen MR) is 59.0 cm³/mol. The van der Waals surface area contributed by atoms with E-state index >= 15 is 0 Å². The van der Waals surface area contributed by atoms with Crippen LogP contribution in [0.1, 0.15) is 5.56 Å². The molecule has 0 fully saturated rings. The lowest BCUT2D eigenvalue weighted by molar-refractivity contribution is 0.00342. The molecule has 0 aliphatic carbocycles. The zero-order valence-corrected chi connectivity index (χ0v) is 9.92. The van der Waals surface area contributed by atoms with E-state index in [-0.39, 0.29) is 17.1 Å². The number of hydrogen-bond donors (Lipinski definition) is 1. The van der Waals surface area contributed by atoms with Gasteiger partial charge < -0.3 is 19.9 Å². The third kappa shape index (κ3) is 2.58. The second-order valence-electron chi connectivity index (χ2n) is 3.32. The Morgan fingerprint density at radius 1 is 1.00 bits per heavy atom. The van der Waals surface area contributed by atoms with Gasteiger partial charge in [-0.3, -0.25) is 0 Å². The van der Waals surface area contributed by atoms with Gasteiger partial charge in [-0.15, -0.1) is 0 Å². The summed E-state index contributed by atoms with van der Waals surface area (Å²) in [5.74, 6) is -2.64. The number of nitrogens with two attached hydrogens (primary N) is 1. The molecule has 1 aromatic rings. The minimum Gasteiger partial charge on any atom is -0.496 e. The van der Waals surface area contributed by atoms with Crippen molar-refractivity contribution in [3.05, 3.63) is 17.7 Å². The molecule has 0 aliphatic heterocycles. The van der Waals surface area contributed by atoms with Crippen LogP contribution in [-0.4, -0.2) is 27.9 Å². The summed E-state index contributed by atoms with van der Waals surface area (Å²) < 4.78 is 42.0. The molecule has 0 aromatic heterocycles. The Morgan fingerprint density at radius 2 is 1.47 bits per heavy atom. The molecule has 0 aliphatic rings. The SMILES string of the molecule is COc1cc(OC)c(C(F)(F)CN)cc1OC. The first-order valence-electron chi connectivity index (χ1n) is 4.88. The van der Waals surface area contributed by atoms with Crippen LogP contribution in [0.5, 0.6) is 17.2 Å². The van der Waals surface area contributed by atoms with Crippen molar-refractivity contribution >= 4 is 0 Å². The van der Waals surface area contributed by atoms with Crippen LogP contribution in [0.3, 0.4) is 0 Å². The van der Waals surface area contributed by atoms with Gasteiger partial charge in [-0.25, -0.2) is 0 Å². The molecule has 6 heteroatoms. The number of methoxy groups -OCH3 is 3. The number of halogens is 2. The summed E-state index contributed by atoms with van der Waals surface area (Å²) in [4.78, 5) is 0. The van der Waals surface area contributed by atoms with Gasteiger partial charge in [0.05, 0.1) is 33.4 Å². The van der Waals surface area contributed by atoms with Crippen molar-refractivity contribution in [3.8, 4) is 17.2 Å². The van der Waals surface area contributed by atoms with Gasteiger partial charge in [0.25, 0.3) is 5.92 Å². The van der Waals surface area contributed by atoms with E-state index in [2.05, 4.69) is 0 Å². The summed E-state index contributed by atoms with van der Waals surface area (Å²) in [5, 5.41) is 0. The van der Waals surface area contributed by atoms with Crippen LogP contribution in [0.15, 0.2) is 12.1 Å². The van der Waals surface area contributed by atoms with Crippen LogP contribution in [0, 0.1) is 0 Å². The molecule has 17 heavy (non-hydrogen) atoms. The lowest BCUT2D eigenvalue weighted by Crippen LogP contribution is -2.25. The Morgan fingerprint density at radius 3 is 1.88 bits per heavy atom. The lowest BCUT2D eigenvalue weighted by atomic mass is 10.1. The number of ether oxygens (including phenoxy) is 3. The Labute approximate surface area is 98.3 Å². The molecule has 0 saturated carbocycles. The van der Waals surface area contributed by atoms with Gasteiger partial charge in [0.2, 0.25) is 0 Å². The van der Waals surface area contributed by atoms with Crippen molar-refractivity contribution in [2.45, 2.75) is 5.92 Å². The average molecular weight is 247 g/mol. The first-order chi connectivity index (χ1) is 8.00. The molecule has 96 valence electrons. The molecule has 0 unspecified atom stereocenters. The van der Waals surface area contributed by atoms with E-state index in [0.29, 0.717) is 5.75 Å². The summed E-state index contributed by atoms with van der Waals surface area (Å²) >= 11 is 0. The molecule has 0 spiro atoms. The largest absolute Gasteiger partial charge is 0.496 e. The highest BCUT2D eigenvalue weighted by Crippen LogP contribution is 2.41. The van der Waals surface area contributed by atoms with Gasteiger partial charge >= 0.3 is 0 Å². The van der Waals surface area contributed by atoms with Crippen molar-refractivity contribution in [2.75, 3.05) is 27.9 Å². The fourth-order valence-electron chi connectivity index (χ4n) is 1.43. The molecule has 0 radical (unpaired) electrons. The number of rotatable bonds is 5. The summed E-state index contributed by atoms with van der Waals surface area (Å²) in [6.07, 6.45) is 0. The van der Waals surface area contributed by atoms with Crippen LogP contribution in [0.4, 0.5) is 8.78 Å². The van der Waals surface area contributed by atoms with Crippen molar-refractivity contribution in [1.82, 2.24) is 0 Å². The Hall–Kier alpha value is -1.56. The van der Waals surface area contributed by atoms with Gasteiger partial charge in [-0.1, -0.05) is 0 Å². The molecule has 0 saturated heterocycles. The van der Waals surface area contributed by atoms with Gasteiger partial charge in [0.1, 0.15) is 5.75 Å². The maximum absolute atomic E-state index is 13.6. The van der Waals surface area contributed by atoms with Crippen LogP contribution >= 0.6 is 0 Å². The van der Waals surface area contributed by atoms with E-state index in [1.54, 1.807) is 0 Å². The van der Waals surface area contributed by atoms with Crippen molar-refractivity contribution < 1.29 is 23.0 Å². The van der Waals surface area contributed by atoms with Gasteiger partial charge in [0, 0.05) is 6.07 Å². The molecule has 0 amide bonds. The predicted octanol–water partition coefficient (Wildman–Crippen LogP) is 1.76. The highest BCUT2D eigenvalue weighted by Gasteiger charge is 2.34. The van der Waals surface area contributed by atoms with Crippen LogP contribution in [0.25, 0.3) is 0 Å². The summed E-state index contributed by atoms with van der Waals surface area (Å²) in [6.45, 7) is -0.807. The van der Waals surface area contributed by atoms with Gasteiger partial charge in [-0.2, -0.15) is 8.78 Å². The summed E-state index contributed by atoms with van der Waals surface area (Å²) in [6, 6.07) is 2.52. The highest BCUT2D eigenvalue weighted by atomic mass is 19.3. The van der Waals surface area contributed by atoms with Crippen LogP contribution in [-0.2, 0) is 5.92 Å². The molecule has 1 rings (SSSR count). The zero-order valence-electron chi connectivity index (χ0n) is 9.92. The minimum absolute atomic E-state index is 0.0121. The monoisotopic (exact) mass is 247 g/mol. The normalized spacial score (nSPS) is 11.2. The van der Waals surface area contributed by atoms with E-state index in [1.807, 2.05) is 0 Å². The third-order valence-electron chi connectivity index (χ3n) is 2.36.